The highest BCUT2D eigenvalue weighted by atomic mass is 16.5. The van der Waals surface area contributed by atoms with E-state index in [0.717, 1.165) is 25.7 Å². The summed E-state index contributed by atoms with van der Waals surface area (Å²) in [6.07, 6.45) is 5.07. The maximum absolute atomic E-state index is 12.3. The van der Waals surface area contributed by atoms with Crippen LogP contribution in [0.2, 0.25) is 0 Å². The number of amides is 1. The van der Waals surface area contributed by atoms with E-state index in [4.69, 9.17) is 10.3 Å². The Bertz CT molecular complexity index is 394. The first-order chi connectivity index (χ1) is 8.16. The summed E-state index contributed by atoms with van der Waals surface area (Å²) in [6.45, 7) is 2.19. The average Bonchev–Trinajstić information content (AvgIpc) is 2.75. The van der Waals surface area contributed by atoms with Crippen molar-refractivity contribution in [1.29, 1.82) is 0 Å². The number of carbonyl (C=O) groups is 1. The molecule has 1 fully saturated rings. The zero-order chi connectivity index (χ0) is 12.3. The van der Waals surface area contributed by atoms with E-state index in [1.54, 1.807) is 13.0 Å². The second-order valence-electron chi connectivity index (χ2n) is 4.82. The quantitative estimate of drug-likeness (QED) is 0.840. The first kappa shape index (κ1) is 12.1. The third-order valence-corrected chi connectivity index (χ3v) is 3.55. The number of hydrogen-bond donors (Lipinski definition) is 2. The minimum absolute atomic E-state index is 0.0204. The van der Waals surface area contributed by atoms with Crippen LogP contribution in [0.1, 0.15) is 37.9 Å². The first-order valence-electron chi connectivity index (χ1n) is 6.11. The lowest BCUT2D eigenvalue weighted by Gasteiger charge is -2.34. The van der Waals surface area contributed by atoms with E-state index in [1.807, 2.05) is 0 Å². The number of nitrogens with zero attached hydrogens (tertiary/aromatic N) is 1. The van der Waals surface area contributed by atoms with Crippen LogP contribution in [-0.2, 0) is 4.79 Å². The van der Waals surface area contributed by atoms with Crippen LogP contribution in [0.4, 0.5) is 5.82 Å². The van der Waals surface area contributed by atoms with Gasteiger partial charge in [0.15, 0.2) is 5.82 Å². The van der Waals surface area contributed by atoms with Gasteiger partial charge in [-0.25, -0.2) is 0 Å². The Morgan fingerprint density at radius 3 is 2.76 bits per heavy atom. The monoisotopic (exact) mass is 237 g/mol. The highest BCUT2D eigenvalue weighted by Gasteiger charge is 2.38. The van der Waals surface area contributed by atoms with Crippen LogP contribution in [0.5, 0.6) is 0 Å². The highest BCUT2D eigenvalue weighted by Crippen LogP contribution is 2.36. The molecule has 0 spiro atoms. The Morgan fingerprint density at radius 1 is 1.53 bits per heavy atom. The molecule has 1 aromatic rings. The van der Waals surface area contributed by atoms with Crippen molar-refractivity contribution < 1.29 is 9.32 Å². The molecule has 1 aliphatic rings. The number of nitrogens with two attached hydrogens (primary N) is 1. The number of aryl methyl sites for hydroxylation is 1. The fourth-order valence-electron chi connectivity index (χ4n) is 2.43. The topological polar surface area (TPSA) is 81.2 Å². The SMILES string of the molecule is Cc1cc(NC(=O)C2(CN)CCCCC2)no1. The van der Waals surface area contributed by atoms with Crippen molar-refractivity contribution in [2.24, 2.45) is 11.1 Å². The summed E-state index contributed by atoms with van der Waals surface area (Å²) in [7, 11) is 0. The zero-order valence-electron chi connectivity index (χ0n) is 10.2. The molecule has 3 N–H and O–H groups in total. The zero-order valence-corrected chi connectivity index (χ0v) is 10.2. The van der Waals surface area contributed by atoms with E-state index in [9.17, 15) is 4.79 Å². The van der Waals surface area contributed by atoms with E-state index in [1.165, 1.54) is 6.42 Å². The maximum Gasteiger partial charge on any atom is 0.233 e. The third-order valence-electron chi connectivity index (χ3n) is 3.55. The molecular weight excluding hydrogens is 218 g/mol. The third kappa shape index (κ3) is 2.49. The molecule has 94 valence electrons. The Hall–Kier alpha value is -1.36. The summed E-state index contributed by atoms with van der Waals surface area (Å²) in [5.41, 5.74) is 5.38. The van der Waals surface area contributed by atoms with Gasteiger partial charge in [-0.15, -0.1) is 0 Å². The molecule has 0 aromatic carbocycles. The number of carbonyl (C=O) groups excluding carboxylic acids is 1. The Morgan fingerprint density at radius 2 is 2.24 bits per heavy atom. The largest absolute Gasteiger partial charge is 0.360 e. The minimum atomic E-state index is -0.412. The van der Waals surface area contributed by atoms with Gasteiger partial charge < -0.3 is 15.6 Å². The molecule has 0 unspecified atom stereocenters. The van der Waals surface area contributed by atoms with Crippen LogP contribution >= 0.6 is 0 Å². The average molecular weight is 237 g/mol. The highest BCUT2D eigenvalue weighted by molar-refractivity contribution is 5.94. The number of nitrogens with one attached hydrogen (secondary N) is 1. The number of hydrogen-bond acceptors (Lipinski definition) is 4. The smallest absolute Gasteiger partial charge is 0.233 e. The number of anilines is 1. The Labute approximate surface area is 101 Å². The van der Waals surface area contributed by atoms with E-state index < -0.39 is 5.41 Å². The van der Waals surface area contributed by atoms with Crippen molar-refractivity contribution >= 4 is 11.7 Å². The second-order valence-corrected chi connectivity index (χ2v) is 4.82. The van der Waals surface area contributed by atoms with E-state index in [-0.39, 0.29) is 5.91 Å². The lowest BCUT2D eigenvalue weighted by molar-refractivity contribution is -0.126. The maximum atomic E-state index is 12.3. The standard InChI is InChI=1S/C12H19N3O2/c1-9-7-10(15-17-9)14-11(16)12(8-13)5-3-2-4-6-12/h7H,2-6,8,13H2,1H3,(H,14,15,16). The molecule has 0 saturated heterocycles. The van der Waals surface area contributed by atoms with Crippen molar-refractivity contribution in [2.75, 3.05) is 11.9 Å². The lowest BCUT2D eigenvalue weighted by atomic mass is 9.73. The molecule has 5 heteroatoms. The summed E-state index contributed by atoms with van der Waals surface area (Å²) >= 11 is 0. The summed E-state index contributed by atoms with van der Waals surface area (Å²) in [5, 5.41) is 6.57. The predicted octanol–water partition coefficient (Wildman–Crippen LogP) is 1.83. The summed E-state index contributed by atoms with van der Waals surface area (Å²) < 4.78 is 4.92. The molecule has 0 bridgehead atoms. The van der Waals surface area contributed by atoms with Gasteiger partial charge >= 0.3 is 0 Å². The summed E-state index contributed by atoms with van der Waals surface area (Å²) in [5.74, 6) is 1.14. The summed E-state index contributed by atoms with van der Waals surface area (Å²) in [4.78, 5) is 12.3. The predicted molar refractivity (Wildman–Crippen MR) is 64.4 cm³/mol. The van der Waals surface area contributed by atoms with E-state index in [0.29, 0.717) is 18.1 Å². The number of aromatic nitrogens is 1. The molecule has 17 heavy (non-hydrogen) atoms. The van der Waals surface area contributed by atoms with Gasteiger partial charge in [0.1, 0.15) is 5.76 Å². The fourth-order valence-corrected chi connectivity index (χ4v) is 2.43. The van der Waals surface area contributed by atoms with E-state index in [2.05, 4.69) is 10.5 Å². The molecule has 1 aromatic heterocycles. The van der Waals surface area contributed by atoms with Crippen molar-refractivity contribution in [3.05, 3.63) is 11.8 Å². The van der Waals surface area contributed by atoms with Crippen molar-refractivity contribution in [2.45, 2.75) is 39.0 Å². The molecule has 5 nitrogen and oxygen atoms in total. The van der Waals surface area contributed by atoms with Gasteiger partial charge in [-0.2, -0.15) is 0 Å². The van der Waals surface area contributed by atoms with Crippen LogP contribution in [0.15, 0.2) is 10.6 Å². The van der Waals surface area contributed by atoms with Gasteiger partial charge in [-0.1, -0.05) is 24.4 Å². The normalized spacial score (nSPS) is 18.9. The molecular formula is C12H19N3O2. The van der Waals surface area contributed by atoms with Gasteiger partial charge in [0, 0.05) is 12.6 Å². The minimum Gasteiger partial charge on any atom is -0.360 e. The van der Waals surface area contributed by atoms with E-state index >= 15 is 0 Å². The van der Waals surface area contributed by atoms with Gasteiger partial charge in [0.05, 0.1) is 5.41 Å². The Balaban J connectivity index is 2.07. The summed E-state index contributed by atoms with van der Waals surface area (Å²) in [6, 6.07) is 1.71. The van der Waals surface area contributed by atoms with Crippen LogP contribution in [0.3, 0.4) is 0 Å². The van der Waals surface area contributed by atoms with Gasteiger partial charge in [0.2, 0.25) is 5.91 Å². The van der Waals surface area contributed by atoms with Crippen molar-refractivity contribution in [3.8, 4) is 0 Å². The van der Waals surface area contributed by atoms with Crippen molar-refractivity contribution in [3.63, 3.8) is 0 Å². The molecule has 1 saturated carbocycles. The van der Waals surface area contributed by atoms with Crippen LogP contribution < -0.4 is 11.1 Å². The van der Waals surface area contributed by atoms with Crippen LogP contribution in [0, 0.1) is 12.3 Å². The lowest BCUT2D eigenvalue weighted by Crippen LogP contribution is -2.43. The molecule has 2 rings (SSSR count). The molecule has 1 amide bonds. The van der Waals surface area contributed by atoms with Crippen molar-refractivity contribution in [1.82, 2.24) is 5.16 Å². The molecule has 1 aliphatic carbocycles. The molecule has 0 radical (unpaired) electrons. The van der Waals surface area contributed by atoms with Gasteiger partial charge in [-0.05, 0) is 19.8 Å². The van der Waals surface area contributed by atoms with Crippen LogP contribution in [0.25, 0.3) is 0 Å². The first-order valence-corrected chi connectivity index (χ1v) is 6.11. The fraction of sp³-hybridized carbons (Fsp3) is 0.667. The van der Waals surface area contributed by atoms with Crippen LogP contribution in [-0.4, -0.2) is 17.6 Å². The molecule has 0 atom stereocenters. The molecule has 1 heterocycles. The Kier molecular flexibility index (Phi) is 3.47. The second kappa shape index (κ2) is 4.87. The molecule has 0 aliphatic heterocycles. The van der Waals surface area contributed by atoms with Gasteiger partial charge in [-0.3, -0.25) is 4.79 Å². The number of rotatable bonds is 3. The van der Waals surface area contributed by atoms with Gasteiger partial charge in [0.25, 0.3) is 0 Å².